The molecule has 0 spiro atoms. The summed E-state index contributed by atoms with van der Waals surface area (Å²) in [7, 11) is -5.82. The van der Waals surface area contributed by atoms with E-state index < -0.39 is 39.9 Å². The second kappa shape index (κ2) is 13.3. The number of nitrogens with two attached hydrogens (primary N) is 1. The molecule has 2 N–H and O–H groups in total. The molecule has 14 heteroatoms. The lowest BCUT2D eigenvalue weighted by molar-refractivity contribution is -0.148. The van der Waals surface area contributed by atoms with Crippen LogP contribution in [0.5, 0.6) is 5.75 Å². The van der Waals surface area contributed by atoms with Gasteiger partial charge in [0.25, 0.3) is 0 Å². The van der Waals surface area contributed by atoms with Crippen molar-refractivity contribution >= 4 is 39.3 Å². The van der Waals surface area contributed by atoms with E-state index in [1.807, 2.05) is 0 Å². The Morgan fingerprint density at radius 2 is 1.65 bits per heavy atom. The van der Waals surface area contributed by atoms with Gasteiger partial charge >= 0.3 is 21.6 Å². The lowest BCUT2D eigenvalue weighted by Gasteiger charge is -2.16. The zero-order valence-electron chi connectivity index (χ0n) is 19.5. The summed E-state index contributed by atoms with van der Waals surface area (Å²) in [5.41, 5.74) is 1.66. The summed E-state index contributed by atoms with van der Waals surface area (Å²) in [5.74, 6) is -2.23. The van der Waals surface area contributed by atoms with Gasteiger partial charge in [-0.3, -0.25) is 4.79 Å². The van der Waals surface area contributed by atoms with Gasteiger partial charge in [-0.1, -0.05) is 41.0 Å². The average Bonchev–Trinajstić information content (AvgIpc) is 2.80. The van der Waals surface area contributed by atoms with Crippen LogP contribution in [0.15, 0.2) is 53.7 Å². The monoisotopic (exact) mass is 564 g/mol. The number of Topliss-reactive ketones (excluding diaryl/α,β-unsaturated/α-hetero) is 1. The van der Waals surface area contributed by atoms with Gasteiger partial charge in [0, 0.05) is 23.8 Å². The SMILES string of the molecule is CCOC(=O)CO/N=C(\N)[C@@H](CC(=O)Cc1ccc(Cl)cc1)Cc1ccc(OS(=O)(=O)C(F)(F)F)cc1. The number of carbonyl (C=O) groups excluding carboxylic acids is 2. The van der Waals surface area contributed by atoms with Crippen molar-refractivity contribution in [1.82, 2.24) is 0 Å². The van der Waals surface area contributed by atoms with Crippen LogP contribution in [0, 0.1) is 5.92 Å². The highest BCUT2D eigenvalue weighted by Gasteiger charge is 2.48. The van der Waals surface area contributed by atoms with Crippen molar-refractivity contribution in [2.45, 2.75) is 31.7 Å². The van der Waals surface area contributed by atoms with Gasteiger partial charge in [0.2, 0.25) is 6.61 Å². The highest BCUT2D eigenvalue weighted by molar-refractivity contribution is 7.88. The minimum atomic E-state index is -5.82. The first-order valence-electron chi connectivity index (χ1n) is 10.8. The van der Waals surface area contributed by atoms with Crippen molar-refractivity contribution in [2.24, 2.45) is 16.8 Å². The first-order chi connectivity index (χ1) is 17.3. The number of benzene rings is 2. The summed E-state index contributed by atoms with van der Waals surface area (Å²) >= 11 is 5.86. The van der Waals surface area contributed by atoms with Crippen LogP contribution in [0.4, 0.5) is 13.2 Å². The number of ether oxygens (including phenoxy) is 1. The Kier molecular flexibility index (Phi) is 10.7. The molecule has 0 heterocycles. The van der Waals surface area contributed by atoms with Gasteiger partial charge in [0.05, 0.1) is 6.61 Å². The lowest BCUT2D eigenvalue weighted by atomic mass is 9.91. The molecule has 9 nitrogen and oxygen atoms in total. The van der Waals surface area contributed by atoms with Gasteiger partial charge in [0.1, 0.15) is 17.4 Å². The topological polar surface area (TPSA) is 134 Å². The molecule has 0 bridgehead atoms. The van der Waals surface area contributed by atoms with Crippen molar-refractivity contribution in [1.29, 1.82) is 0 Å². The molecule has 0 saturated carbocycles. The van der Waals surface area contributed by atoms with Crippen molar-refractivity contribution < 1.29 is 44.9 Å². The van der Waals surface area contributed by atoms with Crippen molar-refractivity contribution in [2.75, 3.05) is 13.2 Å². The Labute approximate surface area is 216 Å². The normalized spacial score (nSPS) is 13.1. The quantitative estimate of drug-likeness (QED) is 0.0970. The maximum Gasteiger partial charge on any atom is 0.534 e. The van der Waals surface area contributed by atoms with Crippen LogP contribution in [0.25, 0.3) is 0 Å². The molecule has 0 aliphatic rings. The van der Waals surface area contributed by atoms with Crippen LogP contribution in [0.2, 0.25) is 5.02 Å². The molecule has 202 valence electrons. The third kappa shape index (κ3) is 9.92. The summed E-state index contributed by atoms with van der Waals surface area (Å²) in [4.78, 5) is 29.1. The largest absolute Gasteiger partial charge is 0.534 e. The number of carbonyl (C=O) groups is 2. The Morgan fingerprint density at radius 3 is 2.22 bits per heavy atom. The van der Waals surface area contributed by atoms with E-state index in [1.54, 1.807) is 31.2 Å². The fourth-order valence-electron chi connectivity index (χ4n) is 3.03. The minimum absolute atomic E-state index is 0.0761. The molecular weight excluding hydrogens is 541 g/mol. The third-order valence-electron chi connectivity index (χ3n) is 4.76. The van der Waals surface area contributed by atoms with Gasteiger partial charge in [-0.25, -0.2) is 4.79 Å². The lowest BCUT2D eigenvalue weighted by Crippen LogP contribution is -2.29. The molecule has 0 unspecified atom stereocenters. The molecule has 0 aliphatic carbocycles. The van der Waals surface area contributed by atoms with Crippen LogP contribution in [-0.2, 0) is 42.1 Å². The fourth-order valence-corrected chi connectivity index (χ4v) is 3.62. The highest BCUT2D eigenvalue weighted by atomic mass is 35.5. The van der Waals surface area contributed by atoms with Gasteiger partial charge in [-0.05, 0) is 48.7 Å². The molecule has 2 aromatic carbocycles. The maximum atomic E-state index is 12.7. The molecule has 1 atom stereocenters. The first kappa shape index (κ1) is 29.9. The number of alkyl halides is 3. The molecular formula is C23H24ClF3N2O7S. The number of ketones is 1. The summed E-state index contributed by atoms with van der Waals surface area (Å²) in [6.07, 6.45) is 0.0882. The molecule has 37 heavy (non-hydrogen) atoms. The van der Waals surface area contributed by atoms with E-state index >= 15 is 0 Å². The van der Waals surface area contributed by atoms with Crippen LogP contribution >= 0.6 is 11.6 Å². The predicted molar refractivity (Wildman–Crippen MR) is 128 cm³/mol. The first-order valence-corrected chi connectivity index (χ1v) is 12.6. The maximum absolute atomic E-state index is 12.7. The molecule has 0 radical (unpaired) electrons. The standard InChI is InChI=1S/C23H24ClF3N2O7S/c1-2-34-21(31)14-35-29-22(28)17(13-19(30)12-16-3-7-18(24)8-4-16)11-15-5-9-20(10-6-15)36-37(32,33)23(25,26)27/h3-10,17H,2,11-14H2,1H3,(H2,28,29)/t17-/m1/s1. The van der Waals surface area contributed by atoms with E-state index in [4.69, 9.17) is 26.9 Å². The van der Waals surface area contributed by atoms with E-state index in [1.165, 1.54) is 12.1 Å². The summed E-state index contributed by atoms with van der Waals surface area (Å²) in [6.45, 7) is 1.26. The van der Waals surface area contributed by atoms with E-state index in [0.29, 0.717) is 10.6 Å². The number of halogens is 4. The summed E-state index contributed by atoms with van der Waals surface area (Å²) < 4.78 is 68.8. The number of amidine groups is 1. The average molecular weight is 565 g/mol. The number of oxime groups is 1. The minimum Gasteiger partial charge on any atom is -0.463 e. The Hall–Kier alpha value is -3.32. The van der Waals surface area contributed by atoms with E-state index in [9.17, 15) is 31.2 Å². The van der Waals surface area contributed by atoms with Crippen LogP contribution in [-0.4, -0.2) is 44.7 Å². The van der Waals surface area contributed by atoms with E-state index in [0.717, 1.165) is 17.7 Å². The molecule has 0 amide bonds. The van der Waals surface area contributed by atoms with Gasteiger partial charge in [-0.15, -0.1) is 0 Å². The summed E-state index contributed by atoms with van der Waals surface area (Å²) in [5, 5.41) is 4.22. The van der Waals surface area contributed by atoms with Crippen LogP contribution < -0.4 is 9.92 Å². The van der Waals surface area contributed by atoms with Gasteiger partial charge < -0.3 is 19.5 Å². The Balaban J connectivity index is 2.15. The Morgan fingerprint density at radius 1 is 1.05 bits per heavy atom. The second-order valence-electron chi connectivity index (χ2n) is 7.67. The number of esters is 1. The zero-order valence-corrected chi connectivity index (χ0v) is 21.1. The van der Waals surface area contributed by atoms with Crippen molar-refractivity contribution in [3.8, 4) is 5.75 Å². The number of nitrogens with zero attached hydrogens (tertiary/aromatic N) is 1. The molecule has 0 fully saturated rings. The molecule has 2 aromatic rings. The van der Waals surface area contributed by atoms with Crippen LogP contribution in [0.1, 0.15) is 24.5 Å². The molecule has 0 aromatic heterocycles. The second-order valence-corrected chi connectivity index (χ2v) is 9.64. The highest BCUT2D eigenvalue weighted by Crippen LogP contribution is 2.27. The third-order valence-corrected chi connectivity index (χ3v) is 5.99. The van der Waals surface area contributed by atoms with E-state index in [-0.39, 0.29) is 37.5 Å². The zero-order chi connectivity index (χ0) is 27.6. The van der Waals surface area contributed by atoms with Gasteiger partial charge in [0.15, 0.2) is 0 Å². The molecule has 0 saturated heterocycles. The number of hydrogen-bond donors (Lipinski definition) is 1. The summed E-state index contributed by atoms with van der Waals surface area (Å²) in [6, 6.07) is 11.4. The predicted octanol–water partition coefficient (Wildman–Crippen LogP) is 3.78. The Bertz CT molecular complexity index is 1200. The van der Waals surface area contributed by atoms with Gasteiger partial charge in [-0.2, -0.15) is 21.6 Å². The molecule has 0 aliphatic heterocycles. The van der Waals surface area contributed by atoms with Crippen molar-refractivity contribution in [3.05, 3.63) is 64.7 Å². The number of rotatable bonds is 13. The smallest absolute Gasteiger partial charge is 0.463 e. The fraction of sp³-hybridized carbons (Fsp3) is 0.348. The molecule has 2 rings (SSSR count). The van der Waals surface area contributed by atoms with Crippen LogP contribution in [0.3, 0.4) is 0 Å². The van der Waals surface area contributed by atoms with Crippen molar-refractivity contribution in [3.63, 3.8) is 0 Å². The number of hydrogen-bond acceptors (Lipinski definition) is 8. The van der Waals surface area contributed by atoms with E-state index in [2.05, 4.69) is 9.34 Å².